The number of Topliss-reactive ketones (excluding diaryl/α,β-unsaturated/α-hetero) is 1. The van der Waals surface area contributed by atoms with Crippen LogP contribution in [0.3, 0.4) is 0 Å². The second-order valence-corrected chi connectivity index (χ2v) is 6.21. The zero-order valence-corrected chi connectivity index (χ0v) is 13.5. The molecule has 2 rings (SSSR count). The van der Waals surface area contributed by atoms with Crippen LogP contribution in [0.4, 0.5) is 5.69 Å². The Morgan fingerprint density at radius 1 is 1.12 bits per heavy atom. The number of benzene rings is 2. The van der Waals surface area contributed by atoms with E-state index in [-0.39, 0.29) is 5.75 Å². The molecule has 0 bridgehead atoms. The molecular formula is C15H14NO7P. The van der Waals surface area contributed by atoms with Gasteiger partial charge in [-0.25, -0.2) is 4.57 Å². The minimum Gasteiger partial charge on any atom is -0.397 e. The fourth-order valence-corrected chi connectivity index (χ4v) is 2.67. The molecule has 24 heavy (non-hydrogen) atoms. The van der Waals surface area contributed by atoms with Gasteiger partial charge in [0.2, 0.25) is 5.75 Å². The SMILES string of the molecule is COP(=O)(OCC(=O)c1ccccc1)Oc1ccccc1[N+](=O)[O-]. The quantitative estimate of drug-likeness (QED) is 0.309. The van der Waals surface area contributed by atoms with Gasteiger partial charge in [-0.1, -0.05) is 42.5 Å². The molecular weight excluding hydrogens is 337 g/mol. The molecule has 1 unspecified atom stereocenters. The van der Waals surface area contributed by atoms with E-state index in [4.69, 9.17) is 13.6 Å². The van der Waals surface area contributed by atoms with Crippen molar-refractivity contribution in [1.82, 2.24) is 0 Å². The summed E-state index contributed by atoms with van der Waals surface area (Å²) in [4.78, 5) is 22.2. The van der Waals surface area contributed by atoms with E-state index >= 15 is 0 Å². The van der Waals surface area contributed by atoms with Crippen LogP contribution < -0.4 is 4.52 Å². The van der Waals surface area contributed by atoms with Gasteiger partial charge in [0.05, 0.1) is 4.92 Å². The highest BCUT2D eigenvalue weighted by atomic mass is 31.2. The number of carbonyl (C=O) groups is 1. The Morgan fingerprint density at radius 3 is 2.38 bits per heavy atom. The number of carbonyl (C=O) groups excluding carboxylic acids is 1. The number of ketones is 1. The number of nitro benzene ring substituents is 1. The molecule has 0 aromatic heterocycles. The first-order valence-corrected chi connectivity index (χ1v) is 8.23. The minimum absolute atomic E-state index is 0.278. The summed E-state index contributed by atoms with van der Waals surface area (Å²) in [7, 11) is -3.13. The molecule has 0 aliphatic carbocycles. The third-order valence-electron chi connectivity index (χ3n) is 2.95. The summed E-state index contributed by atoms with van der Waals surface area (Å²) < 4.78 is 27.1. The number of nitro groups is 1. The Balaban J connectivity index is 2.11. The van der Waals surface area contributed by atoms with Gasteiger partial charge in [0.25, 0.3) is 0 Å². The Bertz CT molecular complexity index is 778. The minimum atomic E-state index is -4.19. The van der Waals surface area contributed by atoms with E-state index < -0.39 is 30.8 Å². The normalized spacial score (nSPS) is 13.0. The highest BCUT2D eigenvalue weighted by Crippen LogP contribution is 2.50. The maximum absolute atomic E-state index is 12.4. The van der Waals surface area contributed by atoms with Crippen LogP contribution in [-0.2, 0) is 13.6 Å². The zero-order valence-electron chi connectivity index (χ0n) is 12.7. The molecule has 0 aliphatic rings. The van der Waals surface area contributed by atoms with E-state index in [1.807, 2.05) is 0 Å². The number of phosphoric acid groups is 1. The van der Waals surface area contributed by atoms with Gasteiger partial charge in [-0.15, -0.1) is 0 Å². The maximum atomic E-state index is 12.4. The van der Waals surface area contributed by atoms with Gasteiger partial charge in [0.1, 0.15) is 6.61 Å². The zero-order chi connectivity index (χ0) is 17.6. The van der Waals surface area contributed by atoms with Gasteiger partial charge in [-0.05, 0) is 6.07 Å². The molecule has 0 heterocycles. The van der Waals surface area contributed by atoms with Gasteiger partial charge < -0.3 is 4.52 Å². The van der Waals surface area contributed by atoms with Gasteiger partial charge in [0, 0.05) is 18.7 Å². The number of rotatable bonds is 8. The summed E-state index contributed by atoms with van der Waals surface area (Å²) in [6.45, 7) is -0.560. The van der Waals surface area contributed by atoms with Crippen LogP contribution in [0.2, 0.25) is 0 Å². The van der Waals surface area contributed by atoms with E-state index in [0.29, 0.717) is 5.56 Å². The predicted octanol–water partition coefficient (Wildman–Crippen LogP) is 3.63. The van der Waals surface area contributed by atoms with Crippen molar-refractivity contribution >= 4 is 19.3 Å². The van der Waals surface area contributed by atoms with Crippen molar-refractivity contribution in [2.45, 2.75) is 0 Å². The lowest BCUT2D eigenvalue weighted by atomic mass is 10.1. The van der Waals surface area contributed by atoms with Crippen LogP contribution in [0.5, 0.6) is 5.75 Å². The number of hydrogen-bond acceptors (Lipinski definition) is 7. The second-order valence-electron chi connectivity index (χ2n) is 4.51. The number of phosphoric ester groups is 1. The number of nitrogens with zero attached hydrogens (tertiary/aromatic N) is 1. The van der Waals surface area contributed by atoms with Gasteiger partial charge in [-0.3, -0.25) is 24.0 Å². The Labute approximate surface area is 137 Å². The second kappa shape index (κ2) is 7.83. The summed E-state index contributed by atoms with van der Waals surface area (Å²) in [5.41, 5.74) is -0.0291. The van der Waals surface area contributed by atoms with Gasteiger partial charge >= 0.3 is 13.5 Å². The van der Waals surface area contributed by atoms with Crippen LogP contribution in [0.1, 0.15) is 10.4 Å². The third-order valence-corrected chi connectivity index (χ3v) is 4.26. The van der Waals surface area contributed by atoms with Crippen LogP contribution in [0, 0.1) is 10.1 Å². The van der Waals surface area contributed by atoms with Gasteiger partial charge in [-0.2, -0.15) is 0 Å². The molecule has 2 aromatic rings. The van der Waals surface area contributed by atoms with Crippen molar-refractivity contribution in [3.8, 4) is 5.75 Å². The molecule has 0 N–H and O–H groups in total. The Morgan fingerprint density at radius 2 is 1.75 bits per heavy atom. The Kier molecular flexibility index (Phi) is 5.81. The molecule has 126 valence electrons. The molecule has 0 aliphatic heterocycles. The molecule has 2 aromatic carbocycles. The topological polar surface area (TPSA) is 105 Å². The fourth-order valence-electron chi connectivity index (χ4n) is 1.77. The largest absolute Gasteiger partial charge is 0.530 e. The molecule has 8 nitrogen and oxygen atoms in total. The summed E-state index contributed by atoms with van der Waals surface area (Å²) in [5.74, 6) is -0.709. The van der Waals surface area contributed by atoms with Crippen LogP contribution in [0.25, 0.3) is 0 Å². The van der Waals surface area contributed by atoms with Crippen molar-refractivity contribution in [2.75, 3.05) is 13.7 Å². The standard InChI is InChI=1S/C15H14NO7P/c1-21-24(20,22-11-14(17)12-7-3-2-4-8-12)23-15-10-6-5-9-13(15)16(18)19/h2-10H,11H2,1H3. The monoisotopic (exact) mass is 351 g/mol. The first-order valence-electron chi connectivity index (χ1n) is 6.77. The summed E-state index contributed by atoms with van der Waals surface area (Å²) in [6, 6.07) is 13.6. The Hall–Kier alpha value is -2.54. The highest BCUT2D eigenvalue weighted by Gasteiger charge is 2.31. The smallest absolute Gasteiger partial charge is 0.397 e. The van der Waals surface area contributed by atoms with E-state index in [1.54, 1.807) is 30.3 Å². The molecule has 9 heteroatoms. The van der Waals surface area contributed by atoms with Crippen LogP contribution in [-0.4, -0.2) is 24.4 Å². The van der Waals surface area contributed by atoms with Crippen molar-refractivity contribution < 1.29 is 27.9 Å². The number of hydrogen-bond donors (Lipinski definition) is 0. The maximum Gasteiger partial charge on any atom is 0.530 e. The van der Waals surface area contributed by atoms with E-state index in [9.17, 15) is 19.5 Å². The lowest BCUT2D eigenvalue weighted by Crippen LogP contribution is -2.11. The summed E-state index contributed by atoms with van der Waals surface area (Å²) in [6.07, 6.45) is 0. The summed E-state index contributed by atoms with van der Waals surface area (Å²) >= 11 is 0. The van der Waals surface area contributed by atoms with Crippen LogP contribution >= 0.6 is 7.82 Å². The van der Waals surface area contributed by atoms with Crippen molar-refractivity contribution in [3.63, 3.8) is 0 Å². The van der Waals surface area contributed by atoms with Gasteiger partial charge in [0.15, 0.2) is 5.78 Å². The van der Waals surface area contributed by atoms with Crippen LogP contribution in [0.15, 0.2) is 54.6 Å². The molecule has 0 saturated heterocycles. The van der Waals surface area contributed by atoms with Crippen molar-refractivity contribution in [3.05, 3.63) is 70.3 Å². The first kappa shape index (κ1) is 17.8. The molecule has 0 radical (unpaired) electrons. The lowest BCUT2D eigenvalue weighted by molar-refractivity contribution is -0.385. The third kappa shape index (κ3) is 4.48. The van der Waals surface area contributed by atoms with Crippen molar-refractivity contribution in [2.24, 2.45) is 0 Å². The fraction of sp³-hybridized carbons (Fsp3) is 0.133. The average Bonchev–Trinajstić information content (AvgIpc) is 2.60. The molecule has 0 saturated carbocycles. The lowest BCUT2D eigenvalue weighted by Gasteiger charge is -2.16. The molecule has 1 atom stereocenters. The van der Waals surface area contributed by atoms with Crippen molar-refractivity contribution in [1.29, 1.82) is 0 Å². The molecule has 0 amide bonds. The number of para-hydroxylation sites is 2. The first-order chi connectivity index (χ1) is 11.4. The highest BCUT2D eigenvalue weighted by molar-refractivity contribution is 7.48. The average molecular weight is 351 g/mol. The van der Waals surface area contributed by atoms with E-state index in [1.165, 1.54) is 24.3 Å². The van der Waals surface area contributed by atoms with E-state index in [0.717, 1.165) is 7.11 Å². The predicted molar refractivity (Wildman–Crippen MR) is 85.1 cm³/mol. The molecule has 0 fully saturated rings. The van der Waals surface area contributed by atoms with E-state index in [2.05, 4.69) is 0 Å². The summed E-state index contributed by atoms with van der Waals surface area (Å²) in [5, 5.41) is 10.9. The molecule has 0 spiro atoms.